The lowest BCUT2D eigenvalue weighted by atomic mass is 10.0. The molecule has 0 aliphatic carbocycles. The van der Waals surface area contributed by atoms with Gasteiger partial charge in [-0.1, -0.05) is 24.3 Å². The standard InChI is InChI=1S/C25H23N3O4S/c1-5-8-17-11-16(12-20-23(29)27(2)25(33)28(3)24(20)30)13-21(31-4)22(17)32-15-19-10-7-6-9-18(19)14-26/h5-7,9-13H,1,8,15H2,2-4H3. The molecular weight excluding hydrogens is 438 g/mol. The molecule has 0 unspecified atom stereocenters. The number of amides is 2. The van der Waals surface area contributed by atoms with Crippen LogP contribution in [0.3, 0.4) is 0 Å². The average Bonchev–Trinajstić information content (AvgIpc) is 2.83. The maximum Gasteiger partial charge on any atom is 0.265 e. The van der Waals surface area contributed by atoms with Crippen molar-refractivity contribution >= 4 is 35.2 Å². The highest BCUT2D eigenvalue weighted by atomic mass is 32.1. The van der Waals surface area contributed by atoms with Crippen molar-refractivity contribution < 1.29 is 19.1 Å². The Labute approximate surface area is 198 Å². The molecule has 33 heavy (non-hydrogen) atoms. The second kappa shape index (κ2) is 10.1. The first-order chi connectivity index (χ1) is 15.8. The van der Waals surface area contributed by atoms with E-state index >= 15 is 0 Å². The van der Waals surface area contributed by atoms with E-state index < -0.39 is 11.8 Å². The molecule has 0 aromatic heterocycles. The van der Waals surface area contributed by atoms with E-state index in [0.29, 0.717) is 29.0 Å². The van der Waals surface area contributed by atoms with Crippen LogP contribution in [0.1, 0.15) is 22.3 Å². The van der Waals surface area contributed by atoms with Crippen molar-refractivity contribution in [1.29, 1.82) is 5.26 Å². The molecule has 168 valence electrons. The number of likely N-dealkylation sites (N-methyl/N-ethyl adjacent to an activating group) is 2. The van der Waals surface area contributed by atoms with Crippen molar-refractivity contribution in [1.82, 2.24) is 9.80 Å². The number of carbonyl (C=O) groups is 2. The number of allylic oxidation sites excluding steroid dienone is 1. The first-order valence-electron chi connectivity index (χ1n) is 10.1. The maximum absolute atomic E-state index is 12.7. The number of benzene rings is 2. The molecule has 1 aliphatic heterocycles. The highest BCUT2D eigenvalue weighted by Crippen LogP contribution is 2.35. The van der Waals surface area contributed by atoms with Crippen molar-refractivity contribution in [2.75, 3.05) is 21.2 Å². The number of hydrogen-bond donors (Lipinski definition) is 0. The fourth-order valence-electron chi connectivity index (χ4n) is 3.44. The summed E-state index contributed by atoms with van der Waals surface area (Å²) in [4.78, 5) is 27.9. The predicted octanol–water partition coefficient (Wildman–Crippen LogP) is 3.47. The smallest absolute Gasteiger partial charge is 0.265 e. The van der Waals surface area contributed by atoms with Crippen LogP contribution >= 0.6 is 12.2 Å². The largest absolute Gasteiger partial charge is 0.493 e. The Kier molecular flexibility index (Phi) is 7.26. The Morgan fingerprint density at radius 1 is 1.12 bits per heavy atom. The molecule has 0 N–H and O–H groups in total. The van der Waals surface area contributed by atoms with Crippen LogP contribution < -0.4 is 9.47 Å². The molecule has 1 saturated heterocycles. The minimum atomic E-state index is -0.472. The van der Waals surface area contributed by atoms with Crippen LogP contribution in [0.5, 0.6) is 11.5 Å². The highest BCUT2D eigenvalue weighted by Gasteiger charge is 2.35. The van der Waals surface area contributed by atoms with Gasteiger partial charge in [0.05, 0.1) is 18.7 Å². The van der Waals surface area contributed by atoms with Crippen molar-refractivity contribution in [3.8, 4) is 17.6 Å². The first kappa shape index (κ1) is 23.7. The van der Waals surface area contributed by atoms with E-state index in [9.17, 15) is 14.9 Å². The van der Waals surface area contributed by atoms with E-state index in [2.05, 4.69) is 12.6 Å². The molecule has 0 radical (unpaired) electrons. The van der Waals surface area contributed by atoms with Gasteiger partial charge in [0, 0.05) is 25.2 Å². The Morgan fingerprint density at radius 3 is 2.39 bits per heavy atom. The molecule has 2 amide bonds. The molecule has 2 aromatic carbocycles. The van der Waals surface area contributed by atoms with Gasteiger partial charge < -0.3 is 9.47 Å². The molecule has 0 spiro atoms. The van der Waals surface area contributed by atoms with Crippen LogP contribution in [0.4, 0.5) is 0 Å². The predicted molar refractivity (Wildman–Crippen MR) is 128 cm³/mol. The second-order valence-electron chi connectivity index (χ2n) is 7.33. The van der Waals surface area contributed by atoms with Crippen LogP contribution in [0.25, 0.3) is 6.08 Å². The summed E-state index contributed by atoms with van der Waals surface area (Å²) >= 11 is 5.14. The molecule has 1 fully saturated rings. The molecule has 3 rings (SSSR count). The molecule has 0 atom stereocenters. The molecule has 2 aromatic rings. The van der Waals surface area contributed by atoms with Crippen molar-refractivity contribution in [2.45, 2.75) is 13.0 Å². The van der Waals surface area contributed by atoms with Gasteiger partial charge in [0.15, 0.2) is 16.6 Å². The zero-order chi connectivity index (χ0) is 24.1. The van der Waals surface area contributed by atoms with Gasteiger partial charge in [0.1, 0.15) is 12.2 Å². The summed E-state index contributed by atoms with van der Waals surface area (Å²) in [6, 6.07) is 12.9. The zero-order valence-electron chi connectivity index (χ0n) is 18.6. The monoisotopic (exact) mass is 461 g/mol. The Hall–Kier alpha value is -3.96. The number of carbonyl (C=O) groups excluding carboxylic acids is 2. The van der Waals surface area contributed by atoms with Crippen LogP contribution in [-0.4, -0.2) is 47.9 Å². The summed E-state index contributed by atoms with van der Waals surface area (Å²) < 4.78 is 11.6. The summed E-state index contributed by atoms with van der Waals surface area (Å²) in [6.07, 6.45) is 3.70. The van der Waals surface area contributed by atoms with Gasteiger partial charge >= 0.3 is 0 Å². The topological polar surface area (TPSA) is 82.9 Å². The first-order valence-corrected chi connectivity index (χ1v) is 10.5. The van der Waals surface area contributed by atoms with Crippen molar-refractivity contribution in [3.05, 3.63) is 76.9 Å². The number of thiocarbonyl (C=S) groups is 1. The Morgan fingerprint density at radius 2 is 1.79 bits per heavy atom. The minimum Gasteiger partial charge on any atom is -0.493 e. The molecule has 8 heteroatoms. The van der Waals surface area contributed by atoms with Crippen molar-refractivity contribution in [3.63, 3.8) is 0 Å². The van der Waals surface area contributed by atoms with Crippen LogP contribution in [-0.2, 0) is 22.6 Å². The lowest BCUT2D eigenvalue weighted by Crippen LogP contribution is -2.52. The average molecular weight is 462 g/mol. The summed E-state index contributed by atoms with van der Waals surface area (Å²) in [5.41, 5.74) is 2.64. The fraction of sp³-hybridized carbons (Fsp3) is 0.200. The van der Waals surface area contributed by atoms with Gasteiger partial charge in [0.2, 0.25) is 0 Å². The number of rotatable bonds is 7. The van der Waals surface area contributed by atoms with E-state index in [0.717, 1.165) is 11.1 Å². The lowest BCUT2D eigenvalue weighted by molar-refractivity contribution is -0.132. The molecule has 1 heterocycles. The second-order valence-corrected chi connectivity index (χ2v) is 7.70. The summed E-state index contributed by atoms with van der Waals surface area (Å²) in [7, 11) is 4.57. The Balaban J connectivity index is 2.01. The maximum atomic E-state index is 12.7. The van der Waals surface area contributed by atoms with Gasteiger partial charge in [-0.05, 0) is 48.5 Å². The number of methoxy groups -OCH3 is 1. The van der Waals surface area contributed by atoms with Gasteiger partial charge in [-0.25, -0.2) is 0 Å². The van der Waals surface area contributed by atoms with E-state index in [-0.39, 0.29) is 17.3 Å². The third-order valence-corrected chi connectivity index (χ3v) is 5.75. The number of nitriles is 1. The summed E-state index contributed by atoms with van der Waals surface area (Å²) in [6.45, 7) is 3.98. The normalized spacial score (nSPS) is 13.6. The number of hydrogen-bond acceptors (Lipinski definition) is 6. The molecule has 1 aliphatic rings. The van der Waals surface area contributed by atoms with Crippen LogP contribution in [0.2, 0.25) is 0 Å². The third kappa shape index (κ3) is 4.78. The van der Waals surface area contributed by atoms with Gasteiger partial charge in [0.25, 0.3) is 11.8 Å². The van der Waals surface area contributed by atoms with E-state index in [1.165, 1.54) is 37.1 Å². The fourth-order valence-corrected chi connectivity index (χ4v) is 3.60. The molecular formula is C25H23N3O4S. The number of nitrogens with zero attached hydrogens (tertiary/aromatic N) is 3. The SMILES string of the molecule is C=CCc1cc(C=C2C(=O)N(C)C(=S)N(C)C2=O)cc(OC)c1OCc1ccccc1C#N. The highest BCUT2D eigenvalue weighted by molar-refractivity contribution is 7.80. The number of ether oxygens (including phenoxy) is 2. The molecule has 7 nitrogen and oxygen atoms in total. The van der Waals surface area contributed by atoms with Gasteiger partial charge in [-0.15, -0.1) is 6.58 Å². The summed E-state index contributed by atoms with van der Waals surface area (Å²) in [5, 5.41) is 9.47. The van der Waals surface area contributed by atoms with Crippen molar-refractivity contribution in [2.24, 2.45) is 0 Å². The van der Waals surface area contributed by atoms with E-state index in [4.69, 9.17) is 21.7 Å². The third-order valence-electron chi connectivity index (χ3n) is 5.20. The van der Waals surface area contributed by atoms with Crippen LogP contribution in [0.15, 0.2) is 54.6 Å². The lowest BCUT2D eigenvalue weighted by Gasteiger charge is -2.31. The van der Waals surface area contributed by atoms with Gasteiger partial charge in [-0.3, -0.25) is 19.4 Å². The van der Waals surface area contributed by atoms with Gasteiger partial charge in [-0.2, -0.15) is 5.26 Å². The molecule has 0 bridgehead atoms. The quantitative estimate of drug-likeness (QED) is 0.272. The van der Waals surface area contributed by atoms with E-state index in [1.807, 2.05) is 18.2 Å². The molecule has 0 saturated carbocycles. The Bertz CT molecular complexity index is 1190. The zero-order valence-corrected chi connectivity index (χ0v) is 19.4. The van der Waals surface area contributed by atoms with Crippen LogP contribution in [0, 0.1) is 11.3 Å². The summed E-state index contributed by atoms with van der Waals surface area (Å²) in [5.74, 6) is -0.00544. The van der Waals surface area contributed by atoms with E-state index in [1.54, 1.807) is 24.3 Å². The minimum absolute atomic E-state index is 0.00294.